The van der Waals surface area contributed by atoms with Crippen LogP contribution in [0.1, 0.15) is 12.5 Å². The molecule has 1 N–H and O–H groups in total. The zero-order chi connectivity index (χ0) is 24.2. The van der Waals surface area contributed by atoms with Crippen LogP contribution in [0.2, 0.25) is 0 Å². The number of aromatic nitrogens is 2. The van der Waals surface area contributed by atoms with Crippen molar-refractivity contribution in [1.29, 1.82) is 0 Å². The van der Waals surface area contributed by atoms with Crippen molar-refractivity contribution in [3.8, 4) is 5.69 Å². The van der Waals surface area contributed by atoms with Crippen molar-refractivity contribution in [2.75, 3.05) is 11.1 Å². The molecule has 0 saturated carbocycles. The van der Waals surface area contributed by atoms with Crippen molar-refractivity contribution in [3.63, 3.8) is 0 Å². The fraction of sp³-hybridized carbons (Fsp3) is 0.125. The van der Waals surface area contributed by atoms with E-state index in [9.17, 15) is 24.1 Å². The zero-order valence-corrected chi connectivity index (χ0v) is 18.8. The third-order valence-corrected chi connectivity index (χ3v) is 6.05. The van der Waals surface area contributed by atoms with Gasteiger partial charge in [-0.2, -0.15) is 4.39 Å². The molecule has 0 unspecified atom stereocenters. The molecule has 0 fully saturated rings. The molecule has 10 heteroatoms. The molecule has 1 heterocycles. The number of nitrogens with zero attached hydrogens (tertiary/aromatic N) is 3. The molecule has 172 valence electrons. The molecule has 0 bridgehead atoms. The van der Waals surface area contributed by atoms with E-state index in [1.165, 1.54) is 10.6 Å². The highest BCUT2D eigenvalue weighted by Crippen LogP contribution is 2.24. The molecule has 0 radical (unpaired) electrons. The van der Waals surface area contributed by atoms with Crippen LogP contribution < -0.4 is 10.9 Å². The lowest BCUT2D eigenvalue weighted by molar-refractivity contribution is -0.387. The van der Waals surface area contributed by atoms with Gasteiger partial charge in [0.1, 0.15) is 0 Å². The zero-order valence-electron chi connectivity index (χ0n) is 18.0. The Balaban J connectivity index is 1.63. The van der Waals surface area contributed by atoms with Crippen molar-refractivity contribution < 1.29 is 14.1 Å². The third kappa shape index (κ3) is 4.81. The largest absolute Gasteiger partial charge is 0.325 e. The lowest BCUT2D eigenvalue weighted by Crippen LogP contribution is -2.23. The molecule has 8 nitrogen and oxygen atoms in total. The maximum Gasteiger partial charge on any atom is 0.306 e. The SMILES string of the molecule is CCc1ccc(-n2c(SCC(=O)Nc3ccc(F)c([N+](=O)[O-])c3)nc3ccccc3c2=O)cc1. The van der Waals surface area contributed by atoms with Crippen LogP contribution >= 0.6 is 11.8 Å². The minimum absolute atomic E-state index is 0.0951. The summed E-state index contributed by atoms with van der Waals surface area (Å²) in [6.45, 7) is 2.04. The maximum atomic E-state index is 13.5. The second-order valence-corrected chi connectivity index (χ2v) is 8.27. The number of para-hydroxylation sites is 1. The summed E-state index contributed by atoms with van der Waals surface area (Å²) >= 11 is 1.05. The summed E-state index contributed by atoms with van der Waals surface area (Å²) in [5.74, 6) is -1.60. The minimum atomic E-state index is -0.990. The number of benzene rings is 3. The molecule has 0 spiro atoms. The van der Waals surface area contributed by atoms with Crippen molar-refractivity contribution >= 4 is 39.9 Å². The number of hydrogen-bond acceptors (Lipinski definition) is 6. The predicted molar refractivity (Wildman–Crippen MR) is 129 cm³/mol. The average molecular weight is 479 g/mol. The topological polar surface area (TPSA) is 107 Å². The van der Waals surface area contributed by atoms with Gasteiger partial charge in [0.25, 0.3) is 5.56 Å². The molecule has 4 rings (SSSR count). The average Bonchev–Trinajstić information content (AvgIpc) is 2.84. The number of carbonyl (C=O) groups is 1. The fourth-order valence-corrected chi connectivity index (χ4v) is 4.19. The van der Waals surface area contributed by atoms with Crippen molar-refractivity contribution in [2.45, 2.75) is 18.5 Å². The van der Waals surface area contributed by atoms with Crippen molar-refractivity contribution in [3.05, 3.63) is 98.6 Å². The first-order valence-corrected chi connectivity index (χ1v) is 11.3. The normalized spacial score (nSPS) is 10.9. The molecule has 0 aliphatic heterocycles. The Bertz CT molecular complexity index is 1450. The Hall–Kier alpha value is -4.05. The number of halogens is 1. The van der Waals surface area contributed by atoms with E-state index in [0.29, 0.717) is 21.7 Å². The number of nitrogens with one attached hydrogen (secondary N) is 1. The first kappa shape index (κ1) is 23.1. The molecule has 0 saturated heterocycles. The van der Waals surface area contributed by atoms with Gasteiger partial charge in [0, 0.05) is 11.8 Å². The number of aryl methyl sites for hydroxylation is 1. The highest BCUT2D eigenvalue weighted by Gasteiger charge is 2.17. The van der Waals surface area contributed by atoms with Crippen LogP contribution in [-0.2, 0) is 11.2 Å². The Labute approximate surface area is 197 Å². The van der Waals surface area contributed by atoms with E-state index in [-0.39, 0.29) is 17.0 Å². The quantitative estimate of drug-likeness (QED) is 0.178. The first-order chi connectivity index (χ1) is 16.4. The van der Waals surface area contributed by atoms with E-state index in [1.807, 2.05) is 31.2 Å². The number of rotatable bonds is 7. The monoisotopic (exact) mass is 478 g/mol. The summed E-state index contributed by atoms with van der Waals surface area (Å²) in [6.07, 6.45) is 0.856. The lowest BCUT2D eigenvalue weighted by atomic mass is 10.1. The van der Waals surface area contributed by atoms with Gasteiger partial charge in [-0.25, -0.2) is 4.98 Å². The number of anilines is 1. The summed E-state index contributed by atoms with van der Waals surface area (Å²) in [5.41, 5.74) is 1.35. The van der Waals surface area contributed by atoms with Crippen LogP contribution in [-0.4, -0.2) is 26.1 Å². The highest BCUT2D eigenvalue weighted by atomic mass is 32.2. The number of nitro benzene ring substituents is 1. The van der Waals surface area contributed by atoms with Gasteiger partial charge < -0.3 is 5.32 Å². The number of nitro groups is 1. The molecular formula is C24H19FN4O4S. The smallest absolute Gasteiger partial charge is 0.306 e. The van der Waals surface area contributed by atoms with E-state index < -0.39 is 22.3 Å². The van der Waals surface area contributed by atoms with Crippen LogP contribution in [0.15, 0.2) is 76.7 Å². The molecule has 4 aromatic rings. The molecule has 34 heavy (non-hydrogen) atoms. The Morgan fingerprint density at radius 2 is 1.88 bits per heavy atom. The minimum Gasteiger partial charge on any atom is -0.325 e. The van der Waals surface area contributed by atoms with Gasteiger partial charge in [0.15, 0.2) is 5.16 Å². The summed E-state index contributed by atoms with van der Waals surface area (Å²) in [6, 6.07) is 17.6. The number of fused-ring (bicyclic) bond motifs is 1. The van der Waals surface area contributed by atoms with Crippen LogP contribution in [0.25, 0.3) is 16.6 Å². The van der Waals surface area contributed by atoms with Gasteiger partial charge in [0.05, 0.1) is 27.3 Å². The maximum absolute atomic E-state index is 13.5. The van der Waals surface area contributed by atoms with Gasteiger partial charge in [-0.05, 0) is 48.4 Å². The van der Waals surface area contributed by atoms with E-state index in [1.54, 1.807) is 24.3 Å². The molecule has 0 aliphatic rings. The summed E-state index contributed by atoms with van der Waals surface area (Å²) in [4.78, 5) is 40.5. The first-order valence-electron chi connectivity index (χ1n) is 10.3. The predicted octanol–water partition coefficient (Wildman–Crippen LogP) is 4.73. The van der Waals surface area contributed by atoms with Crippen LogP contribution in [0, 0.1) is 15.9 Å². The lowest BCUT2D eigenvalue weighted by Gasteiger charge is -2.13. The number of hydrogen-bond donors (Lipinski definition) is 1. The summed E-state index contributed by atoms with van der Waals surface area (Å²) in [7, 11) is 0. The van der Waals surface area contributed by atoms with Gasteiger partial charge in [0.2, 0.25) is 11.7 Å². The Morgan fingerprint density at radius 1 is 1.15 bits per heavy atom. The summed E-state index contributed by atoms with van der Waals surface area (Å²) < 4.78 is 15.0. The molecule has 0 aliphatic carbocycles. The Morgan fingerprint density at radius 3 is 2.59 bits per heavy atom. The third-order valence-electron chi connectivity index (χ3n) is 5.11. The molecule has 1 aromatic heterocycles. The fourth-order valence-electron chi connectivity index (χ4n) is 3.38. The van der Waals surface area contributed by atoms with Crippen molar-refractivity contribution in [2.24, 2.45) is 0 Å². The number of amides is 1. The molecule has 0 atom stereocenters. The van der Waals surface area contributed by atoms with E-state index in [4.69, 9.17) is 0 Å². The van der Waals surface area contributed by atoms with Crippen LogP contribution in [0.5, 0.6) is 0 Å². The van der Waals surface area contributed by atoms with E-state index in [2.05, 4.69) is 10.3 Å². The summed E-state index contributed by atoms with van der Waals surface area (Å²) in [5, 5.41) is 14.2. The standard InChI is InChI=1S/C24H19FN4O4S/c1-2-15-7-10-17(11-8-15)28-23(31)18-5-3-4-6-20(18)27-24(28)34-14-22(30)26-16-9-12-19(25)21(13-16)29(32)33/h3-13H,2,14H2,1H3,(H,26,30). The van der Waals surface area contributed by atoms with Crippen molar-refractivity contribution in [1.82, 2.24) is 9.55 Å². The number of carbonyl (C=O) groups excluding carboxylic acids is 1. The second kappa shape index (κ2) is 9.84. The van der Waals surface area contributed by atoms with Crippen LogP contribution in [0.4, 0.5) is 15.8 Å². The van der Waals surface area contributed by atoms with E-state index >= 15 is 0 Å². The van der Waals surface area contributed by atoms with E-state index in [0.717, 1.165) is 35.9 Å². The van der Waals surface area contributed by atoms with Gasteiger partial charge >= 0.3 is 5.69 Å². The molecule has 3 aromatic carbocycles. The molecular weight excluding hydrogens is 459 g/mol. The number of thioether (sulfide) groups is 1. The van der Waals surface area contributed by atoms with Crippen LogP contribution in [0.3, 0.4) is 0 Å². The Kier molecular flexibility index (Phi) is 6.69. The second-order valence-electron chi connectivity index (χ2n) is 7.33. The highest BCUT2D eigenvalue weighted by molar-refractivity contribution is 7.99. The van der Waals surface area contributed by atoms with Gasteiger partial charge in [-0.1, -0.05) is 43.0 Å². The molecule has 1 amide bonds. The van der Waals surface area contributed by atoms with Gasteiger partial charge in [-0.3, -0.25) is 24.3 Å². The van der Waals surface area contributed by atoms with Gasteiger partial charge in [-0.15, -0.1) is 0 Å².